The van der Waals surface area contributed by atoms with Crippen LogP contribution >= 0.6 is 0 Å². The summed E-state index contributed by atoms with van der Waals surface area (Å²) in [5.41, 5.74) is 5.39. The van der Waals surface area contributed by atoms with E-state index in [4.69, 9.17) is 5.73 Å². The highest BCUT2D eigenvalue weighted by Gasteiger charge is 2.42. The van der Waals surface area contributed by atoms with Crippen LogP contribution < -0.4 is 5.73 Å². The van der Waals surface area contributed by atoms with Gasteiger partial charge in [0.25, 0.3) is 0 Å². The molecular formula is C9H15F3N2O2. The molecule has 1 amide bonds. The van der Waals surface area contributed by atoms with Gasteiger partial charge in [-0.15, -0.1) is 0 Å². The fourth-order valence-corrected chi connectivity index (χ4v) is 1.52. The second kappa shape index (κ2) is 4.58. The lowest BCUT2D eigenvalue weighted by atomic mass is 10.00. The third kappa shape index (κ3) is 3.08. The monoisotopic (exact) mass is 240 g/mol. The maximum absolute atomic E-state index is 11.9. The van der Waals surface area contributed by atoms with Crippen molar-refractivity contribution >= 4 is 5.91 Å². The fourth-order valence-electron chi connectivity index (χ4n) is 1.52. The van der Waals surface area contributed by atoms with E-state index in [-0.39, 0.29) is 18.5 Å². The Bertz CT molecular complexity index is 268. The van der Waals surface area contributed by atoms with Crippen LogP contribution in [0.4, 0.5) is 13.2 Å². The molecule has 0 aromatic rings. The Hall–Kier alpha value is -0.820. The van der Waals surface area contributed by atoms with Gasteiger partial charge >= 0.3 is 6.18 Å². The van der Waals surface area contributed by atoms with Gasteiger partial charge in [-0.2, -0.15) is 13.2 Å². The van der Waals surface area contributed by atoms with Crippen LogP contribution in [-0.4, -0.2) is 48.3 Å². The molecule has 0 aliphatic carbocycles. The van der Waals surface area contributed by atoms with E-state index in [1.54, 1.807) is 13.8 Å². The molecule has 1 aliphatic heterocycles. The van der Waals surface area contributed by atoms with Gasteiger partial charge in [-0.25, -0.2) is 0 Å². The third-order valence-electron chi connectivity index (χ3n) is 2.54. The lowest BCUT2D eigenvalue weighted by Crippen LogP contribution is -2.64. The Labute approximate surface area is 91.5 Å². The van der Waals surface area contributed by atoms with E-state index in [1.165, 1.54) is 4.90 Å². The van der Waals surface area contributed by atoms with Crippen molar-refractivity contribution in [2.45, 2.75) is 38.2 Å². The number of alkyl halides is 3. The van der Waals surface area contributed by atoms with Gasteiger partial charge in [0.1, 0.15) is 6.61 Å². The fraction of sp³-hybridized carbons (Fsp3) is 0.889. The summed E-state index contributed by atoms with van der Waals surface area (Å²) < 4.78 is 40.2. The van der Waals surface area contributed by atoms with E-state index in [9.17, 15) is 18.0 Å². The topological polar surface area (TPSA) is 55.6 Å². The van der Waals surface area contributed by atoms with Crippen LogP contribution in [0.1, 0.15) is 13.8 Å². The molecule has 1 rings (SSSR count). The number of amides is 1. The minimum absolute atomic E-state index is 0.178. The maximum Gasteiger partial charge on any atom is 0.411 e. The molecular weight excluding hydrogens is 225 g/mol. The van der Waals surface area contributed by atoms with E-state index in [1.807, 2.05) is 0 Å². The first kappa shape index (κ1) is 13.2. The minimum atomic E-state index is -4.33. The SMILES string of the molecule is C[C@@H](N)C(=O)N1C[C@@H](OCC(F)(F)F)[C@@H]1C. The molecule has 1 fully saturated rings. The van der Waals surface area contributed by atoms with Crippen molar-refractivity contribution in [1.29, 1.82) is 0 Å². The summed E-state index contributed by atoms with van der Waals surface area (Å²) in [5.74, 6) is -0.264. The van der Waals surface area contributed by atoms with Crippen LogP contribution in [0, 0.1) is 0 Å². The maximum atomic E-state index is 11.9. The zero-order chi connectivity index (χ0) is 12.5. The number of ether oxygens (including phenoxy) is 1. The quantitative estimate of drug-likeness (QED) is 0.782. The van der Waals surface area contributed by atoms with Crippen molar-refractivity contribution in [1.82, 2.24) is 4.90 Å². The molecule has 0 saturated carbocycles. The summed E-state index contributed by atoms with van der Waals surface area (Å²) in [5, 5.41) is 0. The lowest BCUT2D eigenvalue weighted by molar-refractivity contribution is -0.209. The Balaban J connectivity index is 2.35. The molecule has 16 heavy (non-hydrogen) atoms. The lowest BCUT2D eigenvalue weighted by Gasteiger charge is -2.46. The smallest absolute Gasteiger partial charge is 0.365 e. The molecule has 1 heterocycles. The second-order valence-electron chi connectivity index (χ2n) is 3.98. The molecule has 0 spiro atoms. The molecule has 7 heteroatoms. The summed E-state index contributed by atoms with van der Waals surface area (Å²) in [6, 6.07) is -0.980. The Kier molecular flexibility index (Phi) is 3.80. The molecule has 0 unspecified atom stereocenters. The van der Waals surface area contributed by atoms with E-state index in [2.05, 4.69) is 4.74 Å². The predicted octanol–water partition coefficient (Wildman–Crippen LogP) is 0.512. The first-order chi connectivity index (χ1) is 7.22. The van der Waals surface area contributed by atoms with Crippen molar-refractivity contribution in [2.24, 2.45) is 5.73 Å². The number of hydrogen-bond acceptors (Lipinski definition) is 3. The van der Waals surface area contributed by atoms with Crippen molar-refractivity contribution in [3.63, 3.8) is 0 Å². The highest BCUT2D eigenvalue weighted by molar-refractivity contribution is 5.82. The Morgan fingerprint density at radius 3 is 2.56 bits per heavy atom. The van der Waals surface area contributed by atoms with Gasteiger partial charge in [0, 0.05) is 6.54 Å². The van der Waals surface area contributed by atoms with Crippen LogP contribution in [0.25, 0.3) is 0 Å². The first-order valence-corrected chi connectivity index (χ1v) is 4.97. The van der Waals surface area contributed by atoms with E-state index < -0.39 is 24.9 Å². The molecule has 3 atom stereocenters. The van der Waals surface area contributed by atoms with E-state index in [0.717, 1.165) is 0 Å². The van der Waals surface area contributed by atoms with Crippen LogP contribution in [0.3, 0.4) is 0 Å². The second-order valence-corrected chi connectivity index (χ2v) is 3.98. The average molecular weight is 240 g/mol. The Morgan fingerprint density at radius 2 is 2.19 bits per heavy atom. The molecule has 4 nitrogen and oxygen atoms in total. The summed E-state index contributed by atoms with van der Waals surface area (Å²) in [6.45, 7) is 2.09. The van der Waals surface area contributed by atoms with Gasteiger partial charge in [0.05, 0.1) is 18.2 Å². The standard InChI is InChI=1S/C9H15F3N2O2/c1-5(13)8(15)14-3-7(6(14)2)16-4-9(10,11)12/h5-7H,3-4,13H2,1-2H3/t5-,6+,7-/m1/s1. The van der Waals surface area contributed by atoms with Crippen molar-refractivity contribution < 1.29 is 22.7 Å². The van der Waals surface area contributed by atoms with Crippen LogP contribution in [0.5, 0.6) is 0 Å². The van der Waals surface area contributed by atoms with Crippen molar-refractivity contribution in [2.75, 3.05) is 13.2 Å². The molecule has 0 radical (unpaired) electrons. The number of carbonyl (C=O) groups is 1. The van der Waals surface area contributed by atoms with Gasteiger partial charge < -0.3 is 15.4 Å². The molecule has 94 valence electrons. The number of likely N-dealkylation sites (tertiary alicyclic amines) is 1. The number of nitrogens with zero attached hydrogens (tertiary/aromatic N) is 1. The third-order valence-corrected chi connectivity index (χ3v) is 2.54. The first-order valence-electron chi connectivity index (χ1n) is 4.97. The summed E-state index contributed by atoms with van der Waals surface area (Å²) in [6.07, 6.45) is -4.88. The number of carbonyl (C=O) groups excluding carboxylic acids is 1. The Morgan fingerprint density at radius 1 is 1.62 bits per heavy atom. The van der Waals surface area contributed by atoms with Crippen LogP contribution in [0.2, 0.25) is 0 Å². The zero-order valence-corrected chi connectivity index (χ0v) is 9.12. The van der Waals surface area contributed by atoms with E-state index >= 15 is 0 Å². The number of halogens is 3. The molecule has 2 N–H and O–H groups in total. The molecule has 0 aromatic carbocycles. The van der Waals surface area contributed by atoms with Gasteiger partial charge in [0.15, 0.2) is 0 Å². The molecule has 0 aromatic heterocycles. The van der Waals surface area contributed by atoms with Crippen molar-refractivity contribution in [3.05, 3.63) is 0 Å². The number of nitrogens with two attached hydrogens (primary N) is 1. The average Bonchev–Trinajstić information content (AvgIpc) is 2.13. The van der Waals surface area contributed by atoms with Gasteiger partial charge in [-0.1, -0.05) is 0 Å². The summed E-state index contributed by atoms with van der Waals surface area (Å²) >= 11 is 0. The van der Waals surface area contributed by atoms with Gasteiger partial charge in [-0.3, -0.25) is 4.79 Å². The summed E-state index contributed by atoms with van der Waals surface area (Å²) in [7, 11) is 0. The number of rotatable bonds is 3. The zero-order valence-electron chi connectivity index (χ0n) is 9.12. The van der Waals surface area contributed by atoms with Crippen LogP contribution in [0.15, 0.2) is 0 Å². The highest BCUT2D eigenvalue weighted by atomic mass is 19.4. The van der Waals surface area contributed by atoms with Crippen LogP contribution in [-0.2, 0) is 9.53 Å². The largest absolute Gasteiger partial charge is 0.411 e. The summed E-state index contributed by atoms with van der Waals surface area (Å²) in [4.78, 5) is 12.8. The van der Waals surface area contributed by atoms with Gasteiger partial charge in [-0.05, 0) is 13.8 Å². The van der Waals surface area contributed by atoms with Gasteiger partial charge in [0.2, 0.25) is 5.91 Å². The van der Waals surface area contributed by atoms with Crippen molar-refractivity contribution in [3.8, 4) is 0 Å². The molecule has 1 saturated heterocycles. The normalized spacial score (nSPS) is 27.5. The minimum Gasteiger partial charge on any atom is -0.365 e. The molecule has 1 aliphatic rings. The highest BCUT2D eigenvalue weighted by Crippen LogP contribution is 2.24. The molecule has 0 bridgehead atoms. The predicted molar refractivity (Wildman–Crippen MR) is 50.6 cm³/mol. The number of hydrogen-bond donors (Lipinski definition) is 1. The van der Waals surface area contributed by atoms with E-state index in [0.29, 0.717) is 0 Å².